The molecule has 0 saturated heterocycles. The van der Waals surface area contributed by atoms with E-state index in [0.29, 0.717) is 0 Å². The normalized spacial score (nSPS) is 8.25. The SMILES string of the molecule is CC.CN(C)CCO. The van der Waals surface area contributed by atoms with Gasteiger partial charge in [-0.25, -0.2) is 0 Å². The van der Waals surface area contributed by atoms with Gasteiger partial charge in [-0.05, 0) is 14.1 Å². The van der Waals surface area contributed by atoms with E-state index in [9.17, 15) is 0 Å². The maximum atomic E-state index is 8.20. The Balaban J connectivity index is 0. The van der Waals surface area contributed by atoms with Crippen LogP contribution < -0.4 is 0 Å². The van der Waals surface area contributed by atoms with Gasteiger partial charge in [0.15, 0.2) is 0 Å². The van der Waals surface area contributed by atoms with Crippen molar-refractivity contribution in [3.8, 4) is 0 Å². The maximum absolute atomic E-state index is 8.20. The molecule has 1 N–H and O–H groups in total. The molecule has 0 saturated carbocycles. The molecule has 2 heteroatoms. The van der Waals surface area contributed by atoms with E-state index in [2.05, 4.69) is 0 Å². The average Bonchev–Trinajstić information content (AvgIpc) is 1.72. The standard InChI is InChI=1S/C4H11NO.C2H6/c1-5(2)3-4-6;1-2/h6H,3-4H2,1-2H3;1-2H3. The molecular weight excluding hydrogens is 102 g/mol. The molecule has 0 aromatic rings. The highest BCUT2D eigenvalue weighted by Crippen LogP contribution is 1.66. The van der Waals surface area contributed by atoms with Gasteiger partial charge in [0.05, 0.1) is 6.61 Å². The number of nitrogens with zero attached hydrogens (tertiary/aromatic N) is 1. The molecule has 0 radical (unpaired) electrons. The van der Waals surface area contributed by atoms with Crippen LogP contribution in [0.2, 0.25) is 0 Å². The summed E-state index contributed by atoms with van der Waals surface area (Å²) < 4.78 is 0. The summed E-state index contributed by atoms with van der Waals surface area (Å²) in [6.45, 7) is 5.02. The number of hydrogen-bond donors (Lipinski definition) is 1. The molecule has 0 aliphatic rings. The third kappa shape index (κ3) is 16.8. The second-order valence-corrected chi connectivity index (χ2v) is 1.53. The lowest BCUT2D eigenvalue weighted by Gasteiger charge is -2.03. The predicted octanol–water partition coefficient (Wildman–Crippen LogP) is 0.567. The summed E-state index contributed by atoms with van der Waals surface area (Å²) in [7, 11) is 3.85. The highest BCUT2D eigenvalue weighted by Gasteiger charge is 1.80. The predicted molar refractivity (Wildman–Crippen MR) is 37.0 cm³/mol. The Bertz CT molecular complexity index is 29.7. The van der Waals surface area contributed by atoms with Crippen molar-refractivity contribution in [1.29, 1.82) is 0 Å². The topological polar surface area (TPSA) is 23.5 Å². The van der Waals surface area contributed by atoms with E-state index in [1.807, 2.05) is 32.8 Å². The van der Waals surface area contributed by atoms with Gasteiger partial charge in [-0.15, -0.1) is 0 Å². The van der Waals surface area contributed by atoms with E-state index >= 15 is 0 Å². The number of rotatable bonds is 2. The zero-order chi connectivity index (χ0) is 6.99. The highest BCUT2D eigenvalue weighted by atomic mass is 16.3. The van der Waals surface area contributed by atoms with Gasteiger partial charge in [0.25, 0.3) is 0 Å². The minimum atomic E-state index is 0.257. The number of aliphatic hydroxyl groups excluding tert-OH is 1. The molecule has 0 rings (SSSR count). The molecule has 0 aromatic carbocycles. The van der Waals surface area contributed by atoms with Crippen molar-refractivity contribution in [2.24, 2.45) is 0 Å². The van der Waals surface area contributed by atoms with Gasteiger partial charge in [0, 0.05) is 6.54 Å². The summed E-state index contributed by atoms with van der Waals surface area (Å²) in [6, 6.07) is 0. The van der Waals surface area contributed by atoms with Crippen LogP contribution in [0.25, 0.3) is 0 Å². The minimum Gasteiger partial charge on any atom is -0.395 e. The first-order valence-corrected chi connectivity index (χ1v) is 3.03. The van der Waals surface area contributed by atoms with E-state index < -0.39 is 0 Å². The van der Waals surface area contributed by atoms with E-state index in [0.717, 1.165) is 6.54 Å². The summed E-state index contributed by atoms with van der Waals surface area (Å²) in [5.41, 5.74) is 0. The van der Waals surface area contributed by atoms with E-state index in [1.54, 1.807) is 0 Å². The van der Waals surface area contributed by atoms with Crippen molar-refractivity contribution in [3.63, 3.8) is 0 Å². The van der Waals surface area contributed by atoms with Gasteiger partial charge < -0.3 is 10.0 Å². The van der Waals surface area contributed by atoms with Crippen molar-refractivity contribution >= 4 is 0 Å². The fourth-order valence-electron chi connectivity index (χ4n) is 0.200. The molecule has 0 bridgehead atoms. The van der Waals surface area contributed by atoms with Gasteiger partial charge >= 0.3 is 0 Å². The van der Waals surface area contributed by atoms with Gasteiger partial charge in [-0.3, -0.25) is 0 Å². The van der Waals surface area contributed by atoms with Crippen LogP contribution in [0.1, 0.15) is 13.8 Å². The molecule has 0 atom stereocenters. The molecule has 0 aliphatic heterocycles. The van der Waals surface area contributed by atoms with Crippen LogP contribution in [0, 0.1) is 0 Å². The second-order valence-electron chi connectivity index (χ2n) is 1.53. The zero-order valence-corrected chi connectivity index (χ0v) is 6.31. The first-order valence-electron chi connectivity index (χ1n) is 3.03. The van der Waals surface area contributed by atoms with Crippen LogP contribution in [0.5, 0.6) is 0 Å². The molecule has 0 aliphatic carbocycles. The van der Waals surface area contributed by atoms with Crippen LogP contribution >= 0.6 is 0 Å². The maximum Gasteiger partial charge on any atom is 0.0558 e. The quantitative estimate of drug-likeness (QED) is 0.574. The third-order valence-electron chi connectivity index (χ3n) is 0.547. The molecule has 0 heterocycles. The Hall–Kier alpha value is -0.0800. The molecule has 0 amide bonds. The van der Waals surface area contributed by atoms with Gasteiger partial charge in [0.2, 0.25) is 0 Å². The fraction of sp³-hybridized carbons (Fsp3) is 1.00. The highest BCUT2D eigenvalue weighted by molar-refractivity contribution is 4.34. The van der Waals surface area contributed by atoms with Crippen molar-refractivity contribution < 1.29 is 5.11 Å². The fourth-order valence-corrected chi connectivity index (χ4v) is 0.200. The Labute approximate surface area is 52.1 Å². The molecule has 0 fully saturated rings. The second kappa shape index (κ2) is 10.0. The molecule has 52 valence electrons. The van der Waals surface area contributed by atoms with Crippen molar-refractivity contribution in [2.75, 3.05) is 27.2 Å². The lowest BCUT2D eigenvalue weighted by molar-refractivity contribution is 0.243. The minimum absolute atomic E-state index is 0.257. The molecule has 2 nitrogen and oxygen atoms in total. The van der Waals surface area contributed by atoms with Gasteiger partial charge in [-0.2, -0.15) is 0 Å². The summed E-state index contributed by atoms with van der Waals surface area (Å²) in [4.78, 5) is 1.93. The van der Waals surface area contributed by atoms with Crippen molar-refractivity contribution in [2.45, 2.75) is 13.8 Å². The number of aliphatic hydroxyl groups is 1. The summed E-state index contributed by atoms with van der Waals surface area (Å²) in [5, 5.41) is 8.20. The lowest BCUT2D eigenvalue weighted by atomic mass is 10.6. The Kier molecular flexibility index (Phi) is 13.6. The molecule has 0 unspecified atom stereocenters. The van der Waals surface area contributed by atoms with Crippen LogP contribution in [0.15, 0.2) is 0 Å². The lowest BCUT2D eigenvalue weighted by Crippen LogP contribution is -2.15. The molecule has 0 aromatic heterocycles. The number of likely N-dealkylation sites (N-methyl/N-ethyl adjacent to an activating group) is 1. The Morgan fingerprint density at radius 3 is 1.62 bits per heavy atom. The number of hydrogen-bond acceptors (Lipinski definition) is 2. The van der Waals surface area contributed by atoms with E-state index in [-0.39, 0.29) is 6.61 Å². The monoisotopic (exact) mass is 119 g/mol. The van der Waals surface area contributed by atoms with Gasteiger partial charge in [0.1, 0.15) is 0 Å². The molecule has 0 spiro atoms. The third-order valence-corrected chi connectivity index (χ3v) is 0.547. The zero-order valence-electron chi connectivity index (χ0n) is 6.31. The van der Waals surface area contributed by atoms with Crippen molar-refractivity contribution in [1.82, 2.24) is 4.90 Å². The Morgan fingerprint density at radius 1 is 1.25 bits per heavy atom. The van der Waals surface area contributed by atoms with Crippen molar-refractivity contribution in [3.05, 3.63) is 0 Å². The van der Waals surface area contributed by atoms with Crippen LogP contribution in [0.3, 0.4) is 0 Å². The first-order chi connectivity index (χ1) is 3.77. The smallest absolute Gasteiger partial charge is 0.0558 e. The van der Waals surface area contributed by atoms with E-state index in [4.69, 9.17) is 5.11 Å². The summed E-state index contributed by atoms with van der Waals surface area (Å²) in [6.07, 6.45) is 0. The first kappa shape index (κ1) is 10.8. The average molecular weight is 119 g/mol. The molecule has 8 heavy (non-hydrogen) atoms. The van der Waals surface area contributed by atoms with Crippen LogP contribution in [-0.2, 0) is 0 Å². The van der Waals surface area contributed by atoms with Crippen LogP contribution in [-0.4, -0.2) is 37.3 Å². The largest absolute Gasteiger partial charge is 0.395 e. The van der Waals surface area contributed by atoms with Crippen LogP contribution in [0.4, 0.5) is 0 Å². The van der Waals surface area contributed by atoms with E-state index in [1.165, 1.54) is 0 Å². The summed E-state index contributed by atoms with van der Waals surface area (Å²) >= 11 is 0. The Morgan fingerprint density at radius 2 is 1.62 bits per heavy atom. The van der Waals surface area contributed by atoms with Gasteiger partial charge in [-0.1, -0.05) is 13.8 Å². The molecular formula is C6H17NO. The summed E-state index contributed by atoms with van der Waals surface area (Å²) in [5.74, 6) is 0.